The first-order valence-electron chi connectivity index (χ1n) is 6.48. The molecule has 0 aliphatic heterocycles. The molecule has 22 heavy (non-hydrogen) atoms. The fourth-order valence-electron chi connectivity index (χ4n) is 1.85. The van der Waals surface area contributed by atoms with Gasteiger partial charge in [0.05, 0.1) is 16.9 Å². The lowest BCUT2D eigenvalue weighted by Crippen LogP contribution is -2.44. The Kier molecular flexibility index (Phi) is 5.51. The molecular weight excluding hydrogens is 304 g/mol. The highest BCUT2D eigenvalue weighted by molar-refractivity contribution is 7.97. The fraction of sp³-hybridized carbons (Fsp3) is 0.133. The number of carboxylic acid groups (broad SMARTS) is 1. The molecule has 0 fully saturated rings. The van der Waals surface area contributed by atoms with Crippen LogP contribution in [0.15, 0.2) is 59.5 Å². The van der Waals surface area contributed by atoms with Crippen LogP contribution in [0, 0.1) is 10.1 Å². The number of para-hydroxylation sites is 1. The average molecular weight is 317 g/mol. The molecule has 0 bridgehead atoms. The molecule has 0 aliphatic carbocycles. The Bertz CT molecular complexity index is 664. The summed E-state index contributed by atoms with van der Waals surface area (Å²) < 4.78 is 2.73. The number of carbonyl (C=O) groups excluding carboxylic acids is 1. The van der Waals surface area contributed by atoms with Gasteiger partial charge >= 0.3 is 0 Å². The summed E-state index contributed by atoms with van der Waals surface area (Å²) >= 11 is 0.919. The van der Waals surface area contributed by atoms with E-state index in [-0.39, 0.29) is 12.1 Å². The highest BCUT2D eigenvalue weighted by atomic mass is 32.2. The van der Waals surface area contributed by atoms with E-state index in [0.717, 1.165) is 17.5 Å². The van der Waals surface area contributed by atoms with Crippen LogP contribution in [0.5, 0.6) is 0 Å². The number of hydrogen-bond donors (Lipinski definition) is 1. The van der Waals surface area contributed by atoms with Crippen LogP contribution in [0.3, 0.4) is 0 Å². The Labute approximate surface area is 131 Å². The first-order chi connectivity index (χ1) is 10.6. The molecule has 2 rings (SSSR count). The van der Waals surface area contributed by atoms with Gasteiger partial charge in [-0.15, -0.1) is 0 Å². The Morgan fingerprint density at radius 1 is 1.14 bits per heavy atom. The molecule has 0 saturated heterocycles. The van der Waals surface area contributed by atoms with Gasteiger partial charge in [0.25, 0.3) is 5.69 Å². The van der Waals surface area contributed by atoms with Gasteiger partial charge in [0.15, 0.2) is 0 Å². The summed E-state index contributed by atoms with van der Waals surface area (Å²) in [6, 6.07) is 14.3. The molecule has 1 atom stereocenters. The molecule has 1 N–H and O–H groups in total. The van der Waals surface area contributed by atoms with Crippen molar-refractivity contribution in [1.82, 2.24) is 4.72 Å². The summed E-state index contributed by atoms with van der Waals surface area (Å²) in [5.74, 6) is -1.25. The first-order valence-corrected chi connectivity index (χ1v) is 7.30. The minimum atomic E-state index is -1.25. The third-order valence-electron chi connectivity index (χ3n) is 2.94. The number of hydrogen-bond acceptors (Lipinski definition) is 6. The molecule has 0 heterocycles. The maximum Gasteiger partial charge on any atom is 0.284 e. The number of aliphatic carboxylic acids is 1. The molecule has 2 aromatic rings. The quantitative estimate of drug-likeness (QED) is 0.473. The number of benzene rings is 2. The second-order valence-corrected chi connectivity index (χ2v) is 5.39. The number of nitro groups is 1. The average Bonchev–Trinajstić information content (AvgIpc) is 2.52. The van der Waals surface area contributed by atoms with Crippen LogP contribution in [0.1, 0.15) is 5.56 Å². The summed E-state index contributed by atoms with van der Waals surface area (Å²) in [4.78, 5) is 22.0. The fourth-order valence-corrected chi connectivity index (χ4v) is 2.69. The van der Waals surface area contributed by atoms with E-state index in [1.54, 1.807) is 18.2 Å². The van der Waals surface area contributed by atoms with Crippen LogP contribution in [-0.4, -0.2) is 16.9 Å². The first kappa shape index (κ1) is 16.0. The molecule has 0 aliphatic rings. The van der Waals surface area contributed by atoms with Gasteiger partial charge in [-0.25, -0.2) is 0 Å². The number of nitrogens with zero attached hydrogens (tertiary/aromatic N) is 1. The van der Waals surface area contributed by atoms with Crippen molar-refractivity contribution in [3.63, 3.8) is 0 Å². The van der Waals surface area contributed by atoms with Gasteiger partial charge in [-0.1, -0.05) is 42.5 Å². The van der Waals surface area contributed by atoms with E-state index in [0.29, 0.717) is 4.90 Å². The SMILES string of the molecule is O=C([O-])[C@@H](Cc1ccccc1)NSc1ccccc1[N+](=O)[O-]. The van der Waals surface area contributed by atoms with Crippen LogP contribution in [0.2, 0.25) is 0 Å². The van der Waals surface area contributed by atoms with Gasteiger partial charge in [0.2, 0.25) is 0 Å². The summed E-state index contributed by atoms with van der Waals surface area (Å²) in [6.07, 6.45) is 0.233. The highest BCUT2D eigenvalue weighted by Crippen LogP contribution is 2.27. The van der Waals surface area contributed by atoms with E-state index < -0.39 is 16.9 Å². The van der Waals surface area contributed by atoms with Crippen LogP contribution in [0.4, 0.5) is 5.69 Å². The van der Waals surface area contributed by atoms with Crippen molar-refractivity contribution in [1.29, 1.82) is 0 Å². The zero-order valence-corrected chi connectivity index (χ0v) is 12.3. The minimum Gasteiger partial charge on any atom is -0.548 e. The zero-order chi connectivity index (χ0) is 15.9. The number of carboxylic acids is 1. The standard InChI is InChI=1S/C15H14N2O4S/c18-15(19)12(10-11-6-2-1-3-7-11)16-22-14-9-5-4-8-13(14)17(20)21/h1-9,12,16H,10H2,(H,18,19)/p-1/t12-/m1/s1. The van der Waals surface area contributed by atoms with Gasteiger partial charge < -0.3 is 9.90 Å². The van der Waals surface area contributed by atoms with E-state index in [1.165, 1.54) is 6.07 Å². The number of rotatable bonds is 7. The second-order valence-electron chi connectivity index (χ2n) is 4.51. The third-order valence-corrected chi connectivity index (χ3v) is 3.91. The third kappa shape index (κ3) is 4.31. The zero-order valence-electron chi connectivity index (χ0n) is 11.5. The van der Waals surface area contributed by atoms with Gasteiger partial charge in [-0.2, -0.15) is 0 Å². The molecule has 0 spiro atoms. The Hall–Kier alpha value is -2.38. The molecule has 0 unspecified atom stereocenters. The molecule has 0 aromatic heterocycles. The van der Waals surface area contributed by atoms with E-state index in [9.17, 15) is 20.0 Å². The molecule has 0 radical (unpaired) electrons. The Morgan fingerprint density at radius 3 is 2.41 bits per heavy atom. The molecule has 0 saturated carbocycles. The van der Waals surface area contributed by atoms with Crippen molar-refractivity contribution in [2.45, 2.75) is 17.4 Å². The van der Waals surface area contributed by atoms with E-state index in [1.807, 2.05) is 30.3 Å². The summed E-state index contributed by atoms with van der Waals surface area (Å²) in [5.41, 5.74) is 0.768. The van der Waals surface area contributed by atoms with Gasteiger partial charge in [0.1, 0.15) is 4.90 Å². The topological polar surface area (TPSA) is 95.3 Å². The summed E-state index contributed by atoms with van der Waals surface area (Å²) in [7, 11) is 0. The molecular formula is C15H13N2O4S-. The summed E-state index contributed by atoms with van der Waals surface area (Å²) in [6.45, 7) is 0. The van der Waals surface area contributed by atoms with Crippen LogP contribution in [-0.2, 0) is 11.2 Å². The highest BCUT2D eigenvalue weighted by Gasteiger charge is 2.16. The van der Waals surface area contributed by atoms with Crippen molar-refractivity contribution in [2.75, 3.05) is 0 Å². The molecule has 114 valence electrons. The predicted molar refractivity (Wildman–Crippen MR) is 81.0 cm³/mol. The van der Waals surface area contributed by atoms with Crippen LogP contribution >= 0.6 is 11.9 Å². The number of carbonyl (C=O) groups is 1. The second kappa shape index (κ2) is 7.58. The molecule has 7 heteroatoms. The van der Waals surface area contributed by atoms with E-state index in [4.69, 9.17) is 0 Å². The Morgan fingerprint density at radius 2 is 1.77 bits per heavy atom. The van der Waals surface area contributed by atoms with E-state index in [2.05, 4.69) is 4.72 Å². The summed E-state index contributed by atoms with van der Waals surface area (Å²) in [5, 5.41) is 22.2. The maximum atomic E-state index is 11.2. The smallest absolute Gasteiger partial charge is 0.284 e. The Balaban J connectivity index is 2.07. The molecule has 0 amide bonds. The minimum absolute atomic E-state index is 0.0724. The molecule has 6 nitrogen and oxygen atoms in total. The number of nitrogens with one attached hydrogen (secondary N) is 1. The van der Waals surface area contributed by atoms with Crippen LogP contribution in [0.25, 0.3) is 0 Å². The largest absolute Gasteiger partial charge is 0.548 e. The van der Waals surface area contributed by atoms with Gasteiger partial charge in [-0.3, -0.25) is 14.8 Å². The van der Waals surface area contributed by atoms with Gasteiger partial charge in [-0.05, 0) is 30.0 Å². The normalized spacial score (nSPS) is 11.8. The van der Waals surface area contributed by atoms with Gasteiger partial charge in [0, 0.05) is 6.07 Å². The van der Waals surface area contributed by atoms with Crippen LogP contribution < -0.4 is 9.83 Å². The monoisotopic (exact) mass is 317 g/mol. The maximum absolute atomic E-state index is 11.2. The van der Waals surface area contributed by atoms with E-state index >= 15 is 0 Å². The van der Waals surface area contributed by atoms with Crippen molar-refractivity contribution < 1.29 is 14.8 Å². The number of nitro benzene ring substituents is 1. The molecule has 2 aromatic carbocycles. The van der Waals surface area contributed by atoms with Crippen molar-refractivity contribution in [3.05, 3.63) is 70.3 Å². The van der Waals surface area contributed by atoms with Crippen molar-refractivity contribution in [2.24, 2.45) is 0 Å². The van der Waals surface area contributed by atoms with Crippen molar-refractivity contribution in [3.8, 4) is 0 Å². The lowest BCUT2D eigenvalue weighted by Gasteiger charge is -2.19. The van der Waals surface area contributed by atoms with Crippen molar-refractivity contribution >= 4 is 23.6 Å². The lowest BCUT2D eigenvalue weighted by molar-refractivity contribution is -0.387. The lowest BCUT2D eigenvalue weighted by atomic mass is 10.1. The predicted octanol–water partition coefficient (Wildman–Crippen LogP) is 1.55.